The first-order valence-corrected chi connectivity index (χ1v) is 8.00. The Labute approximate surface area is 153 Å². The van der Waals surface area contributed by atoms with Crippen LogP contribution >= 0.6 is 15.9 Å². The third-order valence-electron chi connectivity index (χ3n) is 3.64. The van der Waals surface area contributed by atoms with Crippen LogP contribution in [0.1, 0.15) is 11.4 Å². The van der Waals surface area contributed by atoms with Crippen molar-refractivity contribution in [2.75, 3.05) is 5.32 Å². The molecule has 1 aromatic carbocycles. The van der Waals surface area contributed by atoms with Gasteiger partial charge in [-0.15, -0.1) is 0 Å². The molecule has 134 valence electrons. The number of benzene rings is 1. The van der Waals surface area contributed by atoms with E-state index in [2.05, 4.69) is 31.2 Å². The van der Waals surface area contributed by atoms with E-state index in [9.17, 15) is 23.3 Å². The van der Waals surface area contributed by atoms with Gasteiger partial charge in [-0.05, 0) is 37.3 Å². The zero-order chi connectivity index (χ0) is 19.1. The summed E-state index contributed by atoms with van der Waals surface area (Å²) in [6, 6.07) is 7.06. The molecule has 2 heterocycles. The van der Waals surface area contributed by atoms with Crippen LogP contribution in [0.25, 0.3) is 10.9 Å². The number of pyridine rings is 2. The van der Waals surface area contributed by atoms with Crippen LogP contribution in [0.2, 0.25) is 0 Å². The van der Waals surface area contributed by atoms with Crippen LogP contribution in [-0.2, 0) is 6.18 Å². The zero-order valence-electron chi connectivity index (χ0n) is 13.1. The van der Waals surface area contributed by atoms with Gasteiger partial charge in [0.2, 0.25) is 0 Å². The van der Waals surface area contributed by atoms with Crippen LogP contribution in [0.3, 0.4) is 0 Å². The first-order chi connectivity index (χ1) is 12.2. The third-order valence-corrected chi connectivity index (χ3v) is 4.14. The summed E-state index contributed by atoms with van der Waals surface area (Å²) in [6.07, 6.45) is -3.46. The van der Waals surface area contributed by atoms with Gasteiger partial charge in [0.25, 0.3) is 0 Å². The second-order valence-electron chi connectivity index (χ2n) is 5.39. The summed E-state index contributed by atoms with van der Waals surface area (Å²) >= 11 is 3.30. The van der Waals surface area contributed by atoms with E-state index < -0.39 is 16.8 Å². The van der Waals surface area contributed by atoms with Crippen molar-refractivity contribution in [2.24, 2.45) is 0 Å². The van der Waals surface area contributed by atoms with Gasteiger partial charge in [-0.1, -0.05) is 15.9 Å². The van der Waals surface area contributed by atoms with Gasteiger partial charge in [0.15, 0.2) is 0 Å². The van der Waals surface area contributed by atoms with Crippen molar-refractivity contribution >= 4 is 43.9 Å². The SMILES string of the molecule is Cc1nc(C(F)(F)F)ccc1Nc1c([N+](=O)[O-])cnc2ccc(Br)cc12. The molecule has 0 aliphatic carbocycles. The Hall–Kier alpha value is -2.75. The molecule has 1 N–H and O–H groups in total. The fraction of sp³-hybridized carbons (Fsp3) is 0.125. The number of aryl methyl sites for hydroxylation is 1. The molecule has 0 atom stereocenters. The normalized spacial score (nSPS) is 11.6. The summed E-state index contributed by atoms with van der Waals surface area (Å²) in [6.45, 7) is 1.39. The highest BCUT2D eigenvalue weighted by atomic mass is 79.9. The summed E-state index contributed by atoms with van der Waals surface area (Å²) in [4.78, 5) is 18.3. The van der Waals surface area contributed by atoms with E-state index >= 15 is 0 Å². The number of anilines is 2. The van der Waals surface area contributed by atoms with Crippen LogP contribution in [0.15, 0.2) is 41.0 Å². The molecule has 0 aliphatic rings. The fourth-order valence-corrected chi connectivity index (χ4v) is 2.77. The van der Waals surface area contributed by atoms with E-state index in [1.807, 2.05) is 0 Å². The highest BCUT2D eigenvalue weighted by molar-refractivity contribution is 9.10. The van der Waals surface area contributed by atoms with Gasteiger partial charge in [0.1, 0.15) is 17.6 Å². The monoisotopic (exact) mass is 426 g/mol. The molecule has 26 heavy (non-hydrogen) atoms. The lowest BCUT2D eigenvalue weighted by Crippen LogP contribution is -2.10. The molecule has 2 aromatic heterocycles. The third kappa shape index (κ3) is 3.45. The second-order valence-corrected chi connectivity index (χ2v) is 6.30. The number of nitrogens with zero attached hydrogens (tertiary/aromatic N) is 3. The van der Waals surface area contributed by atoms with Crippen molar-refractivity contribution in [3.63, 3.8) is 0 Å². The van der Waals surface area contributed by atoms with Gasteiger partial charge in [-0.3, -0.25) is 10.1 Å². The Morgan fingerprint density at radius 3 is 2.58 bits per heavy atom. The van der Waals surface area contributed by atoms with Gasteiger partial charge < -0.3 is 5.32 Å². The van der Waals surface area contributed by atoms with Gasteiger partial charge in [0.05, 0.1) is 21.8 Å². The Balaban J connectivity index is 2.15. The largest absolute Gasteiger partial charge is 0.433 e. The average molecular weight is 427 g/mol. The van der Waals surface area contributed by atoms with E-state index in [0.29, 0.717) is 15.4 Å². The molecule has 10 heteroatoms. The van der Waals surface area contributed by atoms with Crippen LogP contribution in [0.4, 0.5) is 30.2 Å². The molecule has 3 rings (SSSR count). The highest BCUT2D eigenvalue weighted by Crippen LogP contribution is 2.36. The van der Waals surface area contributed by atoms with Crippen molar-refractivity contribution in [3.05, 3.63) is 62.5 Å². The molecule has 0 fully saturated rings. The number of rotatable bonds is 3. The summed E-state index contributed by atoms with van der Waals surface area (Å²) in [5, 5.41) is 14.7. The lowest BCUT2D eigenvalue weighted by Gasteiger charge is -2.14. The van der Waals surface area contributed by atoms with E-state index in [-0.39, 0.29) is 22.8 Å². The predicted molar refractivity (Wildman–Crippen MR) is 93.4 cm³/mol. The molecule has 0 aliphatic heterocycles. The smallest absolute Gasteiger partial charge is 0.348 e. The van der Waals surface area contributed by atoms with Crippen molar-refractivity contribution in [1.82, 2.24) is 9.97 Å². The number of hydrogen-bond acceptors (Lipinski definition) is 5. The predicted octanol–water partition coefficient (Wildman–Crippen LogP) is 5.37. The van der Waals surface area contributed by atoms with Gasteiger partial charge in [-0.2, -0.15) is 13.2 Å². The van der Waals surface area contributed by atoms with Crippen LogP contribution in [0, 0.1) is 17.0 Å². The number of hydrogen-bond donors (Lipinski definition) is 1. The number of nitrogens with one attached hydrogen (secondary N) is 1. The topological polar surface area (TPSA) is 81.0 Å². The van der Waals surface area contributed by atoms with Crippen molar-refractivity contribution in [2.45, 2.75) is 13.1 Å². The highest BCUT2D eigenvalue weighted by Gasteiger charge is 2.32. The van der Waals surface area contributed by atoms with Crippen LogP contribution < -0.4 is 5.32 Å². The summed E-state index contributed by atoms with van der Waals surface area (Å²) in [5.74, 6) is 0. The zero-order valence-corrected chi connectivity index (χ0v) is 14.7. The molecular weight excluding hydrogens is 417 g/mol. The molecule has 6 nitrogen and oxygen atoms in total. The summed E-state index contributed by atoms with van der Waals surface area (Å²) in [7, 11) is 0. The van der Waals surface area contributed by atoms with E-state index in [1.54, 1.807) is 18.2 Å². The Morgan fingerprint density at radius 2 is 1.96 bits per heavy atom. The molecule has 0 unspecified atom stereocenters. The number of alkyl halides is 3. The fourth-order valence-electron chi connectivity index (χ4n) is 2.41. The first-order valence-electron chi connectivity index (χ1n) is 7.21. The van der Waals surface area contributed by atoms with Gasteiger partial charge in [0, 0.05) is 9.86 Å². The van der Waals surface area contributed by atoms with Crippen molar-refractivity contribution in [3.8, 4) is 0 Å². The Kier molecular flexibility index (Phi) is 4.53. The van der Waals surface area contributed by atoms with E-state index in [0.717, 1.165) is 12.3 Å². The quantitative estimate of drug-likeness (QED) is 0.449. The van der Waals surface area contributed by atoms with Crippen LogP contribution in [-0.4, -0.2) is 14.9 Å². The maximum atomic E-state index is 12.8. The average Bonchev–Trinajstić information content (AvgIpc) is 2.55. The van der Waals surface area contributed by atoms with Gasteiger partial charge >= 0.3 is 11.9 Å². The number of fused-ring (bicyclic) bond motifs is 1. The Morgan fingerprint density at radius 1 is 1.23 bits per heavy atom. The second kappa shape index (κ2) is 6.52. The van der Waals surface area contributed by atoms with Crippen molar-refractivity contribution in [1.29, 1.82) is 0 Å². The molecule has 3 aromatic rings. The summed E-state index contributed by atoms with van der Waals surface area (Å²) < 4.78 is 39.0. The molecule has 0 saturated heterocycles. The van der Waals surface area contributed by atoms with Crippen molar-refractivity contribution < 1.29 is 18.1 Å². The first kappa shape index (κ1) is 18.1. The van der Waals surface area contributed by atoms with Gasteiger partial charge in [-0.25, -0.2) is 9.97 Å². The lowest BCUT2D eigenvalue weighted by molar-refractivity contribution is -0.384. The molecule has 0 radical (unpaired) electrons. The van der Waals surface area contributed by atoms with E-state index in [4.69, 9.17) is 0 Å². The van der Waals surface area contributed by atoms with Crippen LogP contribution in [0.5, 0.6) is 0 Å². The maximum Gasteiger partial charge on any atom is 0.433 e. The minimum Gasteiger partial charge on any atom is -0.348 e. The minimum absolute atomic E-state index is 0.0640. The Bertz CT molecular complexity index is 1020. The molecular formula is C16H10BrF3N4O2. The number of halogens is 4. The molecule has 0 saturated carbocycles. The summed E-state index contributed by atoms with van der Waals surface area (Å²) in [5.41, 5.74) is -0.403. The number of aromatic nitrogens is 2. The number of nitro groups is 1. The molecule has 0 bridgehead atoms. The minimum atomic E-state index is -4.57. The maximum absolute atomic E-state index is 12.8. The standard InChI is InChI=1S/C16H10BrF3N4O2/c1-8-11(4-5-14(22-8)16(18,19)20)23-15-10-6-9(17)2-3-12(10)21-7-13(15)24(25)26/h2-7H,1H3,(H,21,23). The molecule has 0 spiro atoms. The molecule has 0 amide bonds. The van der Waals surface area contributed by atoms with E-state index in [1.165, 1.54) is 13.0 Å². The lowest BCUT2D eigenvalue weighted by atomic mass is 10.1.